The summed E-state index contributed by atoms with van der Waals surface area (Å²) in [6.45, 7) is 1.96. The number of benzene rings is 1. The molecule has 1 aromatic carbocycles. The van der Waals surface area contributed by atoms with E-state index < -0.39 is 0 Å². The quantitative estimate of drug-likeness (QED) is 0.609. The van der Waals surface area contributed by atoms with Crippen molar-refractivity contribution >= 4 is 27.5 Å². The van der Waals surface area contributed by atoms with Gasteiger partial charge in [-0.1, -0.05) is 27.5 Å². The van der Waals surface area contributed by atoms with Crippen molar-refractivity contribution in [2.24, 2.45) is 0 Å². The SMILES string of the molecule is Cc1[c]c(Br)cc(Cl)c1. The zero-order valence-electron chi connectivity index (χ0n) is 4.91. The van der Waals surface area contributed by atoms with E-state index in [4.69, 9.17) is 11.6 Å². The van der Waals surface area contributed by atoms with E-state index in [1.807, 2.05) is 19.1 Å². The first-order chi connectivity index (χ1) is 4.18. The Labute approximate surface area is 68.0 Å². The van der Waals surface area contributed by atoms with Gasteiger partial charge in [-0.15, -0.1) is 0 Å². The third-order valence-corrected chi connectivity index (χ3v) is 1.58. The van der Waals surface area contributed by atoms with E-state index in [-0.39, 0.29) is 0 Å². The molecule has 0 unspecified atom stereocenters. The maximum atomic E-state index is 5.70. The van der Waals surface area contributed by atoms with Crippen molar-refractivity contribution in [3.8, 4) is 0 Å². The fourth-order valence-electron chi connectivity index (χ4n) is 0.630. The highest BCUT2D eigenvalue weighted by Crippen LogP contribution is 2.17. The van der Waals surface area contributed by atoms with Crippen molar-refractivity contribution in [1.82, 2.24) is 0 Å². The van der Waals surface area contributed by atoms with E-state index in [1.54, 1.807) is 0 Å². The smallest absolute Gasteiger partial charge is 0.0420 e. The van der Waals surface area contributed by atoms with E-state index in [0.717, 1.165) is 15.1 Å². The van der Waals surface area contributed by atoms with Crippen LogP contribution in [-0.2, 0) is 0 Å². The van der Waals surface area contributed by atoms with Crippen LogP contribution in [0.4, 0.5) is 0 Å². The zero-order valence-corrected chi connectivity index (χ0v) is 7.25. The topological polar surface area (TPSA) is 0 Å². The molecule has 0 aliphatic heterocycles. The molecular formula is C7H5BrCl. The molecule has 0 saturated heterocycles. The summed E-state index contributed by atoms with van der Waals surface area (Å²) in [5.41, 5.74) is 1.05. The van der Waals surface area contributed by atoms with Gasteiger partial charge in [0.2, 0.25) is 0 Å². The monoisotopic (exact) mass is 203 g/mol. The molecule has 0 aromatic heterocycles. The Morgan fingerprint density at radius 3 is 2.67 bits per heavy atom. The largest absolute Gasteiger partial charge is 0.0843 e. The average molecular weight is 204 g/mol. The number of halogens is 2. The van der Waals surface area contributed by atoms with Gasteiger partial charge in [0.25, 0.3) is 0 Å². The highest BCUT2D eigenvalue weighted by atomic mass is 79.9. The Morgan fingerprint density at radius 1 is 1.56 bits per heavy atom. The standard InChI is InChI=1S/C7H5BrCl/c1-5-2-6(8)4-7(9)3-5/h3-4H,1H3. The van der Waals surface area contributed by atoms with Crippen molar-refractivity contribution in [1.29, 1.82) is 0 Å². The molecule has 0 N–H and O–H groups in total. The molecule has 0 fully saturated rings. The highest BCUT2D eigenvalue weighted by molar-refractivity contribution is 9.10. The van der Waals surface area contributed by atoms with Crippen molar-refractivity contribution in [2.75, 3.05) is 0 Å². The van der Waals surface area contributed by atoms with Gasteiger partial charge in [-0.2, -0.15) is 0 Å². The average Bonchev–Trinajstić information content (AvgIpc) is 1.59. The van der Waals surface area contributed by atoms with Crippen LogP contribution in [0.1, 0.15) is 5.56 Å². The molecule has 0 saturated carbocycles. The second kappa shape index (κ2) is 2.72. The molecule has 0 heterocycles. The lowest BCUT2D eigenvalue weighted by molar-refractivity contribution is 1.44. The van der Waals surface area contributed by atoms with Crippen LogP contribution in [0.2, 0.25) is 5.02 Å². The van der Waals surface area contributed by atoms with Crippen LogP contribution < -0.4 is 0 Å². The molecule has 0 atom stereocenters. The van der Waals surface area contributed by atoms with Gasteiger partial charge in [-0.05, 0) is 24.6 Å². The Hall–Kier alpha value is -0.0100. The van der Waals surface area contributed by atoms with Crippen molar-refractivity contribution in [3.05, 3.63) is 33.3 Å². The van der Waals surface area contributed by atoms with Gasteiger partial charge in [0.15, 0.2) is 0 Å². The predicted octanol–water partition coefficient (Wildman–Crippen LogP) is 3.21. The first-order valence-corrected chi connectivity index (χ1v) is 3.70. The van der Waals surface area contributed by atoms with Gasteiger partial charge in [0.1, 0.15) is 0 Å². The van der Waals surface area contributed by atoms with Crippen molar-refractivity contribution in [3.63, 3.8) is 0 Å². The summed E-state index contributed by atoms with van der Waals surface area (Å²) in [7, 11) is 0. The number of aryl methyl sites for hydroxylation is 1. The lowest BCUT2D eigenvalue weighted by Gasteiger charge is -1.93. The molecule has 0 spiro atoms. The van der Waals surface area contributed by atoms with E-state index in [9.17, 15) is 0 Å². The van der Waals surface area contributed by atoms with Crippen LogP contribution in [0.5, 0.6) is 0 Å². The molecular weight excluding hydrogens is 199 g/mol. The van der Waals surface area contributed by atoms with Gasteiger partial charge < -0.3 is 0 Å². The third kappa shape index (κ3) is 1.99. The lowest BCUT2D eigenvalue weighted by Crippen LogP contribution is -1.72. The van der Waals surface area contributed by atoms with Crippen LogP contribution in [0.3, 0.4) is 0 Å². The van der Waals surface area contributed by atoms with Gasteiger partial charge in [0, 0.05) is 15.6 Å². The number of hydrogen-bond donors (Lipinski definition) is 0. The van der Waals surface area contributed by atoms with Gasteiger partial charge in [-0.25, -0.2) is 0 Å². The van der Waals surface area contributed by atoms with Crippen LogP contribution >= 0.6 is 27.5 Å². The van der Waals surface area contributed by atoms with Crippen LogP contribution in [0, 0.1) is 13.0 Å². The van der Waals surface area contributed by atoms with Crippen LogP contribution in [0.15, 0.2) is 16.6 Å². The molecule has 1 aromatic rings. The molecule has 0 aliphatic carbocycles. The van der Waals surface area contributed by atoms with Crippen LogP contribution in [0.25, 0.3) is 0 Å². The van der Waals surface area contributed by atoms with E-state index in [1.165, 1.54) is 0 Å². The first-order valence-electron chi connectivity index (χ1n) is 2.53. The second-order valence-electron chi connectivity index (χ2n) is 1.83. The molecule has 1 radical (unpaired) electrons. The summed E-state index contributed by atoms with van der Waals surface area (Å²) in [5, 5.41) is 0.748. The Bertz CT molecular complexity index is 170. The lowest BCUT2D eigenvalue weighted by atomic mass is 10.2. The second-order valence-corrected chi connectivity index (χ2v) is 3.12. The third-order valence-electron chi connectivity index (χ3n) is 0.936. The summed E-state index contributed by atoms with van der Waals surface area (Å²) >= 11 is 8.97. The normalized spacial score (nSPS) is 9.67. The Kier molecular flexibility index (Phi) is 2.14. The minimum Gasteiger partial charge on any atom is -0.0843 e. The maximum Gasteiger partial charge on any atom is 0.0420 e. The molecule has 0 bridgehead atoms. The van der Waals surface area contributed by atoms with E-state index in [0.29, 0.717) is 0 Å². The molecule has 9 heavy (non-hydrogen) atoms. The first kappa shape index (κ1) is 7.10. The van der Waals surface area contributed by atoms with Gasteiger partial charge >= 0.3 is 0 Å². The fourth-order valence-corrected chi connectivity index (χ4v) is 1.59. The maximum absolute atomic E-state index is 5.70. The Balaban J connectivity index is 3.17. The summed E-state index contributed by atoms with van der Waals surface area (Å²) < 4.78 is 0.910. The molecule has 1 rings (SSSR count). The minimum atomic E-state index is 0.748. The highest BCUT2D eigenvalue weighted by Gasteiger charge is 1.91. The molecule has 0 aliphatic rings. The zero-order chi connectivity index (χ0) is 6.85. The van der Waals surface area contributed by atoms with Crippen LogP contribution in [-0.4, -0.2) is 0 Å². The van der Waals surface area contributed by atoms with Gasteiger partial charge in [0.05, 0.1) is 0 Å². The van der Waals surface area contributed by atoms with Crippen molar-refractivity contribution in [2.45, 2.75) is 6.92 Å². The summed E-state index contributed by atoms with van der Waals surface area (Å²) in [4.78, 5) is 0. The van der Waals surface area contributed by atoms with E-state index >= 15 is 0 Å². The van der Waals surface area contributed by atoms with Gasteiger partial charge in [-0.3, -0.25) is 0 Å². The molecule has 0 amide bonds. The molecule has 2 heteroatoms. The fraction of sp³-hybridized carbons (Fsp3) is 0.143. The number of rotatable bonds is 0. The number of hydrogen-bond acceptors (Lipinski definition) is 0. The van der Waals surface area contributed by atoms with Crippen molar-refractivity contribution < 1.29 is 0 Å². The molecule has 47 valence electrons. The summed E-state index contributed by atoms with van der Waals surface area (Å²) in [5.74, 6) is 0. The van der Waals surface area contributed by atoms with E-state index in [2.05, 4.69) is 22.0 Å². The summed E-state index contributed by atoms with van der Waals surface area (Å²) in [6, 6.07) is 6.72. The minimum absolute atomic E-state index is 0.748. The Morgan fingerprint density at radius 2 is 2.22 bits per heavy atom. The predicted molar refractivity (Wildman–Crippen MR) is 42.7 cm³/mol. The summed E-state index contributed by atoms with van der Waals surface area (Å²) in [6.07, 6.45) is 0. The molecule has 0 nitrogen and oxygen atoms in total.